The molecule has 1 aromatic heterocycles. The van der Waals surface area contributed by atoms with E-state index in [2.05, 4.69) is 10.3 Å². The molecule has 0 aromatic carbocycles. The Morgan fingerprint density at radius 2 is 2.64 bits per heavy atom. The van der Waals surface area contributed by atoms with E-state index in [0.717, 1.165) is 25.1 Å². The van der Waals surface area contributed by atoms with Crippen LogP contribution in [0.15, 0.2) is 6.20 Å². The zero-order valence-electron chi connectivity index (χ0n) is 8.26. The van der Waals surface area contributed by atoms with E-state index in [0.29, 0.717) is 6.54 Å². The first-order valence-electron chi connectivity index (χ1n) is 4.95. The Morgan fingerprint density at radius 3 is 3.29 bits per heavy atom. The summed E-state index contributed by atoms with van der Waals surface area (Å²) in [6, 6.07) is 0. The highest BCUT2D eigenvalue weighted by Crippen LogP contribution is 2.16. The van der Waals surface area contributed by atoms with Gasteiger partial charge in [0, 0.05) is 6.61 Å². The highest BCUT2D eigenvalue weighted by molar-refractivity contribution is 4.97. The van der Waals surface area contributed by atoms with Gasteiger partial charge in [0.25, 0.3) is 0 Å². The summed E-state index contributed by atoms with van der Waals surface area (Å²) in [6.45, 7) is 3.24. The molecule has 1 N–H and O–H groups in total. The van der Waals surface area contributed by atoms with Gasteiger partial charge in [0.15, 0.2) is 0 Å². The fraction of sp³-hybridized carbons (Fsp3) is 0.778. The van der Waals surface area contributed by atoms with Crippen LogP contribution in [0.5, 0.6) is 0 Å². The van der Waals surface area contributed by atoms with Gasteiger partial charge in [0.1, 0.15) is 0 Å². The minimum absolute atomic E-state index is 0.231. The fourth-order valence-corrected chi connectivity index (χ4v) is 1.71. The van der Waals surface area contributed by atoms with Crippen molar-refractivity contribution in [3.8, 4) is 0 Å². The van der Waals surface area contributed by atoms with Crippen molar-refractivity contribution in [2.24, 2.45) is 0 Å². The minimum Gasteiger partial charge on any atom is -0.387 e. The van der Waals surface area contributed by atoms with E-state index in [4.69, 9.17) is 4.74 Å². The summed E-state index contributed by atoms with van der Waals surface area (Å²) in [6.07, 6.45) is 3.49. The average Bonchev–Trinajstić information content (AvgIpc) is 2.75. The summed E-state index contributed by atoms with van der Waals surface area (Å²) in [5.74, 6) is 0. The normalized spacial score (nSPS) is 24.0. The first kappa shape index (κ1) is 9.61. The smallest absolute Gasteiger partial charge is 0.0945 e. The maximum atomic E-state index is 9.43. The van der Waals surface area contributed by atoms with Crippen LogP contribution in [0.1, 0.15) is 31.6 Å². The molecular formula is C9H15N3O2. The lowest BCUT2D eigenvalue weighted by molar-refractivity contribution is 0.0893. The second-order valence-electron chi connectivity index (χ2n) is 3.65. The Balaban J connectivity index is 2.04. The summed E-state index contributed by atoms with van der Waals surface area (Å²) in [4.78, 5) is 0. The second kappa shape index (κ2) is 4.06. The van der Waals surface area contributed by atoms with Crippen molar-refractivity contribution in [2.75, 3.05) is 6.61 Å². The molecule has 0 bridgehead atoms. The Labute approximate surface area is 82.7 Å². The molecule has 2 atom stereocenters. The molecule has 1 saturated heterocycles. The molecule has 78 valence electrons. The highest BCUT2D eigenvalue weighted by atomic mass is 16.5. The molecule has 0 aliphatic carbocycles. The first-order chi connectivity index (χ1) is 6.77. The molecule has 0 radical (unpaired) electrons. The van der Waals surface area contributed by atoms with Crippen molar-refractivity contribution < 1.29 is 9.84 Å². The van der Waals surface area contributed by atoms with Gasteiger partial charge in [-0.1, -0.05) is 5.21 Å². The zero-order valence-corrected chi connectivity index (χ0v) is 8.26. The quantitative estimate of drug-likeness (QED) is 0.767. The van der Waals surface area contributed by atoms with Crippen LogP contribution >= 0.6 is 0 Å². The molecular weight excluding hydrogens is 182 g/mol. The second-order valence-corrected chi connectivity index (χ2v) is 3.65. The number of rotatable bonds is 3. The van der Waals surface area contributed by atoms with Crippen molar-refractivity contribution in [3.05, 3.63) is 11.9 Å². The van der Waals surface area contributed by atoms with Crippen LogP contribution in [0.25, 0.3) is 0 Å². The third kappa shape index (κ3) is 1.93. The van der Waals surface area contributed by atoms with Crippen molar-refractivity contribution in [1.82, 2.24) is 15.0 Å². The maximum Gasteiger partial charge on any atom is 0.0945 e. The van der Waals surface area contributed by atoms with Gasteiger partial charge in [0.2, 0.25) is 0 Å². The van der Waals surface area contributed by atoms with Gasteiger partial charge in [-0.3, -0.25) is 0 Å². The summed E-state index contributed by atoms with van der Waals surface area (Å²) < 4.78 is 7.21. The number of hydrogen-bond acceptors (Lipinski definition) is 4. The third-order valence-corrected chi connectivity index (χ3v) is 2.48. The molecule has 5 nitrogen and oxygen atoms in total. The lowest BCUT2D eigenvalue weighted by Gasteiger charge is -2.12. The van der Waals surface area contributed by atoms with E-state index >= 15 is 0 Å². The van der Waals surface area contributed by atoms with Gasteiger partial charge in [-0.15, -0.1) is 5.10 Å². The predicted octanol–water partition coefficient (Wildman–Crippen LogP) is 0.510. The summed E-state index contributed by atoms with van der Waals surface area (Å²) in [5, 5.41) is 17.1. The fourth-order valence-electron chi connectivity index (χ4n) is 1.71. The van der Waals surface area contributed by atoms with E-state index in [1.54, 1.807) is 17.8 Å². The molecule has 1 aliphatic rings. The maximum absolute atomic E-state index is 9.43. The van der Waals surface area contributed by atoms with E-state index in [9.17, 15) is 5.11 Å². The van der Waals surface area contributed by atoms with Gasteiger partial charge in [-0.25, -0.2) is 4.68 Å². The van der Waals surface area contributed by atoms with E-state index < -0.39 is 6.10 Å². The number of aliphatic hydroxyl groups is 1. The Hall–Kier alpha value is -0.940. The number of hydrogen-bond donors (Lipinski definition) is 1. The zero-order chi connectivity index (χ0) is 9.97. The lowest BCUT2D eigenvalue weighted by Crippen LogP contribution is -2.18. The Kier molecular flexibility index (Phi) is 2.79. The van der Waals surface area contributed by atoms with Crippen LogP contribution in [0, 0.1) is 0 Å². The number of nitrogens with zero attached hydrogens (tertiary/aromatic N) is 3. The van der Waals surface area contributed by atoms with Crippen LogP contribution in [-0.4, -0.2) is 32.8 Å². The van der Waals surface area contributed by atoms with Gasteiger partial charge in [-0.05, 0) is 19.8 Å². The molecule has 0 saturated carbocycles. The summed E-state index contributed by atoms with van der Waals surface area (Å²) >= 11 is 0. The monoisotopic (exact) mass is 197 g/mol. The van der Waals surface area contributed by atoms with Crippen LogP contribution in [0.2, 0.25) is 0 Å². The molecule has 5 heteroatoms. The van der Waals surface area contributed by atoms with Gasteiger partial charge in [0.05, 0.1) is 30.6 Å². The van der Waals surface area contributed by atoms with E-state index in [1.807, 2.05) is 0 Å². The first-order valence-corrected chi connectivity index (χ1v) is 4.95. The van der Waals surface area contributed by atoms with Gasteiger partial charge in [-0.2, -0.15) is 0 Å². The van der Waals surface area contributed by atoms with E-state index in [-0.39, 0.29) is 6.10 Å². The Bertz CT molecular complexity index is 292. The third-order valence-electron chi connectivity index (χ3n) is 2.48. The standard InChI is InChI=1S/C9H15N3O2/c1-7(13)9-5-10-11-12(9)6-8-3-2-4-14-8/h5,7-8,13H,2-4,6H2,1H3. The molecule has 2 unspecified atom stereocenters. The molecule has 1 fully saturated rings. The summed E-state index contributed by atoms with van der Waals surface area (Å²) in [5.41, 5.74) is 0.750. The Morgan fingerprint density at radius 1 is 1.79 bits per heavy atom. The lowest BCUT2D eigenvalue weighted by atomic mass is 10.2. The van der Waals surface area contributed by atoms with Crippen molar-refractivity contribution in [2.45, 2.75) is 38.5 Å². The van der Waals surface area contributed by atoms with Gasteiger partial charge >= 0.3 is 0 Å². The molecule has 14 heavy (non-hydrogen) atoms. The van der Waals surface area contributed by atoms with Crippen LogP contribution in [0.3, 0.4) is 0 Å². The topological polar surface area (TPSA) is 60.2 Å². The van der Waals surface area contributed by atoms with Crippen molar-refractivity contribution >= 4 is 0 Å². The number of aromatic nitrogens is 3. The molecule has 0 spiro atoms. The molecule has 1 aliphatic heterocycles. The SMILES string of the molecule is CC(O)c1cnnn1CC1CCCO1. The molecule has 2 rings (SSSR count). The molecule has 2 heterocycles. The van der Waals surface area contributed by atoms with E-state index in [1.165, 1.54) is 0 Å². The number of aliphatic hydroxyl groups excluding tert-OH is 1. The highest BCUT2D eigenvalue weighted by Gasteiger charge is 2.19. The number of ether oxygens (including phenoxy) is 1. The van der Waals surface area contributed by atoms with Crippen LogP contribution < -0.4 is 0 Å². The van der Waals surface area contributed by atoms with Crippen molar-refractivity contribution in [1.29, 1.82) is 0 Å². The van der Waals surface area contributed by atoms with Crippen LogP contribution in [0.4, 0.5) is 0 Å². The minimum atomic E-state index is -0.522. The molecule has 1 aromatic rings. The molecule has 0 amide bonds. The van der Waals surface area contributed by atoms with Crippen LogP contribution in [-0.2, 0) is 11.3 Å². The largest absolute Gasteiger partial charge is 0.387 e. The van der Waals surface area contributed by atoms with Crippen molar-refractivity contribution in [3.63, 3.8) is 0 Å². The average molecular weight is 197 g/mol. The van der Waals surface area contributed by atoms with Gasteiger partial charge < -0.3 is 9.84 Å². The predicted molar refractivity (Wildman–Crippen MR) is 49.6 cm³/mol. The summed E-state index contributed by atoms with van der Waals surface area (Å²) in [7, 11) is 0.